The van der Waals surface area contributed by atoms with Gasteiger partial charge in [-0.25, -0.2) is 0 Å². The van der Waals surface area contributed by atoms with Crippen LogP contribution in [0.15, 0.2) is 30.3 Å². The second-order valence-corrected chi connectivity index (χ2v) is 7.43. The minimum absolute atomic E-state index is 0.0126. The average Bonchev–Trinajstić information content (AvgIpc) is 2.29. The summed E-state index contributed by atoms with van der Waals surface area (Å²) in [5.74, 6) is -0.0126. The van der Waals surface area contributed by atoms with E-state index < -0.39 is 16.0 Å². The Balaban J connectivity index is 2.97. The van der Waals surface area contributed by atoms with Gasteiger partial charge in [0.05, 0.1) is 5.25 Å². The maximum Gasteiger partial charge on any atom is 0.178 e. The molecule has 0 bridgehead atoms. The number of hydrogen-bond acceptors (Lipinski definition) is 2. The van der Waals surface area contributed by atoms with Gasteiger partial charge in [-0.3, -0.25) is 9.00 Å². The number of hydrogen-bond donors (Lipinski definition) is 0. The van der Waals surface area contributed by atoms with Crippen LogP contribution in [-0.4, -0.2) is 20.0 Å². The molecule has 0 spiro atoms. The normalized spacial score (nSPS) is 15.3. The van der Waals surface area contributed by atoms with Crippen molar-refractivity contribution < 1.29 is 9.00 Å². The van der Waals surface area contributed by atoms with E-state index in [1.807, 2.05) is 45.9 Å². The lowest BCUT2D eigenvalue weighted by molar-refractivity contribution is 0.0986. The van der Waals surface area contributed by atoms with Crippen molar-refractivity contribution in [3.63, 3.8) is 0 Å². The molecule has 0 aromatic heterocycles. The molecule has 0 heterocycles. The monoisotopic (exact) mass is 252 g/mol. The van der Waals surface area contributed by atoms with Gasteiger partial charge in [0.2, 0.25) is 0 Å². The Labute approximate surface area is 106 Å². The third kappa shape index (κ3) is 3.50. The van der Waals surface area contributed by atoms with Gasteiger partial charge < -0.3 is 0 Å². The van der Waals surface area contributed by atoms with Gasteiger partial charge in [0.1, 0.15) is 0 Å². The highest BCUT2D eigenvalue weighted by molar-refractivity contribution is 7.87. The maximum atomic E-state index is 12.3. The van der Waals surface area contributed by atoms with E-state index in [-0.39, 0.29) is 10.5 Å². The van der Waals surface area contributed by atoms with Crippen LogP contribution in [0.25, 0.3) is 0 Å². The molecule has 1 aromatic rings. The van der Waals surface area contributed by atoms with E-state index in [4.69, 9.17) is 0 Å². The van der Waals surface area contributed by atoms with Crippen LogP contribution in [0.1, 0.15) is 44.5 Å². The number of carbonyl (C=O) groups excluding carboxylic acids is 1. The van der Waals surface area contributed by atoms with Gasteiger partial charge in [-0.05, 0) is 27.2 Å². The van der Waals surface area contributed by atoms with E-state index in [2.05, 4.69) is 0 Å². The number of rotatable bonds is 4. The molecule has 1 aromatic carbocycles. The van der Waals surface area contributed by atoms with Gasteiger partial charge in [-0.15, -0.1) is 0 Å². The molecule has 0 N–H and O–H groups in total. The third-order valence-electron chi connectivity index (χ3n) is 2.58. The summed E-state index contributed by atoms with van der Waals surface area (Å²) < 4.78 is 11.9. The molecule has 94 valence electrons. The first kappa shape index (κ1) is 14.1. The minimum atomic E-state index is -1.16. The number of ketones is 1. The third-order valence-corrected chi connectivity index (χ3v) is 4.85. The second kappa shape index (κ2) is 5.58. The lowest BCUT2D eigenvalue weighted by Gasteiger charge is -2.24. The molecule has 0 saturated carbocycles. The second-order valence-electron chi connectivity index (χ2n) is 5.04. The van der Waals surface area contributed by atoms with Crippen molar-refractivity contribution in [1.82, 2.24) is 0 Å². The molecule has 2 nitrogen and oxygen atoms in total. The average molecular weight is 252 g/mol. The molecule has 2 atom stereocenters. The predicted molar refractivity (Wildman–Crippen MR) is 72.7 cm³/mol. The molecule has 0 aliphatic heterocycles. The molecular formula is C14H20O2S. The van der Waals surface area contributed by atoms with E-state index in [1.54, 1.807) is 12.1 Å². The summed E-state index contributed by atoms with van der Waals surface area (Å²) >= 11 is 0. The summed E-state index contributed by atoms with van der Waals surface area (Å²) in [6, 6.07) is 9.11. The zero-order chi connectivity index (χ0) is 13.1. The summed E-state index contributed by atoms with van der Waals surface area (Å²) in [6.07, 6.45) is 0.609. The van der Waals surface area contributed by atoms with Gasteiger partial charge in [0.25, 0.3) is 0 Å². The Morgan fingerprint density at radius 1 is 1.24 bits per heavy atom. The van der Waals surface area contributed by atoms with Crippen molar-refractivity contribution in [3.05, 3.63) is 35.9 Å². The molecule has 3 heteroatoms. The fourth-order valence-corrected chi connectivity index (χ4v) is 3.14. The van der Waals surface area contributed by atoms with Gasteiger partial charge in [-0.1, -0.05) is 37.3 Å². The maximum absolute atomic E-state index is 12.3. The molecule has 0 radical (unpaired) electrons. The van der Waals surface area contributed by atoms with Crippen LogP contribution in [-0.2, 0) is 10.8 Å². The first-order valence-corrected chi connectivity index (χ1v) is 7.09. The van der Waals surface area contributed by atoms with Gasteiger partial charge >= 0.3 is 0 Å². The smallest absolute Gasteiger partial charge is 0.178 e. The van der Waals surface area contributed by atoms with E-state index >= 15 is 0 Å². The molecule has 2 unspecified atom stereocenters. The summed E-state index contributed by atoms with van der Waals surface area (Å²) in [7, 11) is -1.16. The molecule has 0 amide bonds. The minimum Gasteiger partial charge on any atom is -0.293 e. The van der Waals surface area contributed by atoms with Crippen molar-refractivity contribution in [2.75, 3.05) is 0 Å². The van der Waals surface area contributed by atoms with Crippen LogP contribution in [0, 0.1) is 0 Å². The van der Waals surface area contributed by atoms with Crippen molar-refractivity contribution in [1.29, 1.82) is 0 Å². The van der Waals surface area contributed by atoms with Crippen LogP contribution in [0.2, 0.25) is 0 Å². The van der Waals surface area contributed by atoms with Crippen molar-refractivity contribution in [2.45, 2.75) is 44.1 Å². The SMILES string of the molecule is CCC(C(=O)c1ccccc1)S(=O)C(C)(C)C. The largest absolute Gasteiger partial charge is 0.293 e. The van der Waals surface area contributed by atoms with Crippen LogP contribution >= 0.6 is 0 Å². The molecule has 1 rings (SSSR count). The highest BCUT2D eigenvalue weighted by Gasteiger charge is 2.32. The van der Waals surface area contributed by atoms with E-state index in [0.29, 0.717) is 12.0 Å². The number of carbonyl (C=O) groups is 1. The van der Waals surface area contributed by atoms with Crippen molar-refractivity contribution in [3.8, 4) is 0 Å². The highest BCUT2D eigenvalue weighted by Crippen LogP contribution is 2.21. The van der Waals surface area contributed by atoms with Gasteiger partial charge in [-0.2, -0.15) is 0 Å². The van der Waals surface area contributed by atoms with E-state index in [9.17, 15) is 9.00 Å². The topological polar surface area (TPSA) is 34.1 Å². The molecular weight excluding hydrogens is 232 g/mol. The van der Waals surface area contributed by atoms with E-state index in [1.165, 1.54) is 0 Å². The van der Waals surface area contributed by atoms with Gasteiger partial charge in [0, 0.05) is 21.1 Å². The summed E-state index contributed by atoms with van der Waals surface area (Å²) in [5.41, 5.74) is 0.650. The zero-order valence-electron chi connectivity index (χ0n) is 10.9. The standard InChI is InChI=1S/C14H20O2S/c1-5-12(17(16)14(2,3)4)13(15)11-9-7-6-8-10-11/h6-10,12H,5H2,1-4H3. The van der Waals surface area contributed by atoms with Crippen LogP contribution in [0.4, 0.5) is 0 Å². The Hall–Kier alpha value is -0.960. The summed E-state index contributed by atoms with van der Waals surface area (Å²) in [4.78, 5) is 12.3. The van der Waals surface area contributed by atoms with Crippen LogP contribution in [0.5, 0.6) is 0 Å². The molecule has 17 heavy (non-hydrogen) atoms. The summed E-state index contributed by atoms with van der Waals surface area (Å²) in [5, 5.41) is -0.405. The Morgan fingerprint density at radius 2 is 1.76 bits per heavy atom. The first-order chi connectivity index (χ1) is 7.88. The van der Waals surface area contributed by atoms with Crippen molar-refractivity contribution in [2.24, 2.45) is 0 Å². The van der Waals surface area contributed by atoms with Crippen molar-refractivity contribution >= 4 is 16.6 Å². The highest BCUT2D eigenvalue weighted by atomic mass is 32.2. The van der Waals surface area contributed by atoms with Crippen LogP contribution < -0.4 is 0 Å². The predicted octanol–water partition coefficient (Wildman–Crippen LogP) is 3.20. The Bertz CT molecular complexity index is 404. The number of Topliss-reactive ketones (excluding diaryl/α,β-unsaturated/α-hetero) is 1. The first-order valence-electron chi connectivity index (χ1n) is 5.88. The van der Waals surface area contributed by atoms with Crippen LogP contribution in [0.3, 0.4) is 0 Å². The number of benzene rings is 1. The molecule has 0 saturated heterocycles. The zero-order valence-corrected chi connectivity index (χ0v) is 11.7. The Morgan fingerprint density at radius 3 is 2.18 bits per heavy atom. The quantitative estimate of drug-likeness (QED) is 0.771. The lowest BCUT2D eigenvalue weighted by Crippen LogP contribution is -2.36. The summed E-state index contributed by atoms with van der Waals surface area (Å²) in [6.45, 7) is 7.63. The fraction of sp³-hybridized carbons (Fsp3) is 0.500. The van der Waals surface area contributed by atoms with E-state index in [0.717, 1.165) is 0 Å². The fourth-order valence-electron chi connectivity index (χ4n) is 1.65. The van der Waals surface area contributed by atoms with Gasteiger partial charge in [0.15, 0.2) is 5.78 Å². The Kier molecular flexibility index (Phi) is 4.63. The molecule has 0 aliphatic rings. The molecule has 0 fully saturated rings. The lowest BCUT2D eigenvalue weighted by atomic mass is 10.1. The molecule has 0 aliphatic carbocycles.